The third kappa shape index (κ3) is 2.14. The van der Waals surface area contributed by atoms with E-state index in [0.717, 1.165) is 32.6 Å². The lowest BCUT2D eigenvalue weighted by molar-refractivity contribution is 0.248. The van der Waals surface area contributed by atoms with E-state index >= 15 is 0 Å². The van der Waals surface area contributed by atoms with E-state index in [0.29, 0.717) is 0 Å². The number of unbranched alkanes of at least 4 members (excludes halogenated alkanes) is 1. The lowest BCUT2D eigenvalue weighted by Gasteiger charge is -2.29. The second kappa shape index (κ2) is 5.09. The maximum atomic E-state index is 5.56. The molecule has 94 valence electrons. The smallest absolute Gasteiger partial charge is 0.0243 e. The fraction of sp³-hybridized carbons (Fsp3) is 0.375. The monoisotopic (exact) mass is 240 g/mol. The molecule has 1 aliphatic heterocycles. The highest BCUT2D eigenvalue weighted by molar-refractivity contribution is 5.89. The molecule has 0 aliphatic carbocycles. The minimum atomic E-state index is 0.806. The number of rotatable bonds is 4. The molecule has 0 aromatic heterocycles. The fourth-order valence-corrected chi connectivity index (χ4v) is 2.94. The summed E-state index contributed by atoms with van der Waals surface area (Å²) in [6, 6.07) is 13.3. The summed E-state index contributed by atoms with van der Waals surface area (Å²) >= 11 is 0. The molecule has 2 aromatic rings. The van der Waals surface area contributed by atoms with Crippen LogP contribution in [0.1, 0.15) is 24.0 Å². The molecule has 18 heavy (non-hydrogen) atoms. The van der Waals surface area contributed by atoms with Crippen LogP contribution in [-0.2, 0) is 13.1 Å². The standard InChI is InChI=1S/C16H20N2/c17-9-1-2-10-18-11-14-7-3-5-13-6-4-8-15(12-18)16(13)14/h3-8H,1-2,9-12,17H2. The van der Waals surface area contributed by atoms with Gasteiger partial charge in [-0.2, -0.15) is 0 Å². The Morgan fingerprint density at radius 3 is 2.22 bits per heavy atom. The average molecular weight is 240 g/mol. The van der Waals surface area contributed by atoms with Crippen LogP contribution in [-0.4, -0.2) is 18.0 Å². The lowest BCUT2D eigenvalue weighted by atomic mass is 9.95. The van der Waals surface area contributed by atoms with Crippen LogP contribution in [0.25, 0.3) is 10.8 Å². The van der Waals surface area contributed by atoms with Crippen molar-refractivity contribution in [3.63, 3.8) is 0 Å². The third-order valence-electron chi connectivity index (χ3n) is 3.79. The van der Waals surface area contributed by atoms with Crippen LogP contribution < -0.4 is 5.73 Å². The zero-order chi connectivity index (χ0) is 12.4. The average Bonchev–Trinajstić information content (AvgIpc) is 2.40. The Morgan fingerprint density at radius 1 is 0.944 bits per heavy atom. The molecule has 0 atom stereocenters. The molecule has 0 saturated carbocycles. The van der Waals surface area contributed by atoms with Crippen molar-refractivity contribution in [1.29, 1.82) is 0 Å². The first-order valence-electron chi connectivity index (χ1n) is 6.80. The predicted octanol–water partition coefficient (Wildman–Crippen LogP) is 2.89. The van der Waals surface area contributed by atoms with E-state index in [1.807, 2.05) is 0 Å². The van der Waals surface area contributed by atoms with Crippen LogP contribution in [0.5, 0.6) is 0 Å². The minimum absolute atomic E-state index is 0.806. The number of hydrogen-bond acceptors (Lipinski definition) is 2. The van der Waals surface area contributed by atoms with Gasteiger partial charge in [-0.1, -0.05) is 36.4 Å². The van der Waals surface area contributed by atoms with Gasteiger partial charge in [-0.25, -0.2) is 0 Å². The molecule has 3 rings (SSSR count). The summed E-state index contributed by atoms with van der Waals surface area (Å²) in [5.74, 6) is 0. The van der Waals surface area contributed by atoms with E-state index in [2.05, 4.69) is 41.3 Å². The van der Waals surface area contributed by atoms with Gasteiger partial charge in [0.1, 0.15) is 0 Å². The summed E-state index contributed by atoms with van der Waals surface area (Å²) < 4.78 is 0. The molecule has 2 heteroatoms. The molecular formula is C16H20N2. The van der Waals surface area contributed by atoms with Crippen molar-refractivity contribution in [2.45, 2.75) is 25.9 Å². The molecule has 0 unspecified atom stereocenters. The Labute approximate surface area is 108 Å². The van der Waals surface area contributed by atoms with Gasteiger partial charge in [0.05, 0.1) is 0 Å². The highest BCUT2D eigenvalue weighted by Gasteiger charge is 2.17. The highest BCUT2D eigenvalue weighted by Crippen LogP contribution is 2.29. The second-order valence-electron chi connectivity index (χ2n) is 5.14. The van der Waals surface area contributed by atoms with E-state index in [4.69, 9.17) is 5.73 Å². The third-order valence-corrected chi connectivity index (χ3v) is 3.79. The van der Waals surface area contributed by atoms with E-state index in [1.54, 1.807) is 0 Å². The molecule has 0 fully saturated rings. The molecule has 1 heterocycles. The molecule has 0 radical (unpaired) electrons. The van der Waals surface area contributed by atoms with Crippen molar-refractivity contribution >= 4 is 10.8 Å². The molecule has 2 nitrogen and oxygen atoms in total. The van der Waals surface area contributed by atoms with Crippen molar-refractivity contribution in [1.82, 2.24) is 4.90 Å². The van der Waals surface area contributed by atoms with Crippen molar-refractivity contribution < 1.29 is 0 Å². The van der Waals surface area contributed by atoms with Crippen LogP contribution >= 0.6 is 0 Å². The molecule has 0 spiro atoms. The minimum Gasteiger partial charge on any atom is -0.330 e. The maximum Gasteiger partial charge on any atom is 0.0243 e. The molecule has 2 N–H and O–H groups in total. The molecule has 1 aliphatic rings. The SMILES string of the molecule is NCCCCN1Cc2cccc3cccc(c23)C1. The van der Waals surface area contributed by atoms with E-state index in [9.17, 15) is 0 Å². The number of hydrogen-bond donors (Lipinski definition) is 1. The van der Waals surface area contributed by atoms with E-state index in [-0.39, 0.29) is 0 Å². The Kier molecular flexibility index (Phi) is 3.31. The van der Waals surface area contributed by atoms with Crippen LogP contribution in [0.2, 0.25) is 0 Å². The Balaban J connectivity index is 1.86. The van der Waals surface area contributed by atoms with Crippen molar-refractivity contribution in [2.75, 3.05) is 13.1 Å². The number of benzene rings is 2. The van der Waals surface area contributed by atoms with Gasteiger partial charge >= 0.3 is 0 Å². The van der Waals surface area contributed by atoms with Crippen molar-refractivity contribution in [3.05, 3.63) is 47.5 Å². The van der Waals surface area contributed by atoms with Gasteiger partial charge in [0, 0.05) is 13.1 Å². The lowest BCUT2D eigenvalue weighted by Crippen LogP contribution is -2.27. The summed E-state index contributed by atoms with van der Waals surface area (Å²) in [6.07, 6.45) is 2.33. The van der Waals surface area contributed by atoms with Crippen LogP contribution in [0.4, 0.5) is 0 Å². The topological polar surface area (TPSA) is 29.3 Å². The Morgan fingerprint density at radius 2 is 1.61 bits per heavy atom. The first-order chi connectivity index (χ1) is 8.88. The maximum absolute atomic E-state index is 5.56. The molecule has 0 amide bonds. The second-order valence-corrected chi connectivity index (χ2v) is 5.14. The summed E-state index contributed by atoms with van der Waals surface area (Å²) in [5.41, 5.74) is 8.51. The van der Waals surface area contributed by atoms with Crippen LogP contribution in [0.15, 0.2) is 36.4 Å². The molecule has 0 bridgehead atoms. The van der Waals surface area contributed by atoms with Crippen molar-refractivity contribution in [2.24, 2.45) is 5.73 Å². The summed E-state index contributed by atoms with van der Waals surface area (Å²) in [5, 5.41) is 2.86. The molecule has 2 aromatic carbocycles. The first kappa shape index (κ1) is 11.7. The van der Waals surface area contributed by atoms with Gasteiger partial charge in [-0.3, -0.25) is 4.90 Å². The Hall–Kier alpha value is -1.38. The van der Waals surface area contributed by atoms with Gasteiger partial charge < -0.3 is 5.73 Å². The molecular weight excluding hydrogens is 220 g/mol. The quantitative estimate of drug-likeness (QED) is 0.833. The highest BCUT2D eigenvalue weighted by atomic mass is 15.1. The van der Waals surface area contributed by atoms with Gasteiger partial charge in [-0.05, 0) is 47.8 Å². The van der Waals surface area contributed by atoms with E-state index in [1.165, 1.54) is 28.3 Å². The zero-order valence-electron chi connectivity index (χ0n) is 10.7. The number of nitrogens with zero attached hydrogens (tertiary/aromatic N) is 1. The summed E-state index contributed by atoms with van der Waals surface area (Å²) in [6.45, 7) is 4.12. The fourth-order valence-electron chi connectivity index (χ4n) is 2.94. The van der Waals surface area contributed by atoms with Gasteiger partial charge in [0.15, 0.2) is 0 Å². The van der Waals surface area contributed by atoms with Gasteiger partial charge in [0.2, 0.25) is 0 Å². The first-order valence-corrected chi connectivity index (χ1v) is 6.80. The molecule has 0 saturated heterocycles. The van der Waals surface area contributed by atoms with Gasteiger partial charge in [0.25, 0.3) is 0 Å². The normalized spacial score (nSPS) is 15.2. The van der Waals surface area contributed by atoms with Crippen LogP contribution in [0.3, 0.4) is 0 Å². The Bertz CT molecular complexity index is 507. The predicted molar refractivity (Wildman–Crippen MR) is 76.4 cm³/mol. The zero-order valence-corrected chi connectivity index (χ0v) is 10.7. The largest absolute Gasteiger partial charge is 0.330 e. The summed E-state index contributed by atoms with van der Waals surface area (Å²) in [4.78, 5) is 2.53. The van der Waals surface area contributed by atoms with Gasteiger partial charge in [-0.15, -0.1) is 0 Å². The van der Waals surface area contributed by atoms with Crippen molar-refractivity contribution in [3.8, 4) is 0 Å². The number of nitrogens with two attached hydrogens (primary N) is 1. The van der Waals surface area contributed by atoms with E-state index < -0.39 is 0 Å². The van der Waals surface area contributed by atoms with Crippen LogP contribution in [0, 0.1) is 0 Å². The summed E-state index contributed by atoms with van der Waals surface area (Å²) in [7, 11) is 0.